The van der Waals surface area contributed by atoms with Crippen molar-refractivity contribution >= 4 is 17.7 Å². The van der Waals surface area contributed by atoms with Gasteiger partial charge in [-0.2, -0.15) is 0 Å². The number of aromatic carboxylic acids is 1. The lowest BCUT2D eigenvalue weighted by Crippen LogP contribution is -2.40. The van der Waals surface area contributed by atoms with Crippen LogP contribution in [0.4, 0.5) is 10.5 Å². The fourth-order valence-corrected chi connectivity index (χ4v) is 1.55. The highest BCUT2D eigenvalue weighted by molar-refractivity contribution is 6.00. The van der Waals surface area contributed by atoms with Gasteiger partial charge in [0.15, 0.2) is 0 Å². The van der Waals surface area contributed by atoms with Gasteiger partial charge in [-0.05, 0) is 12.1 Å². The SMILES string of the molecule is CN(CCO)C(=O)N(C)c1ccccc1C(=O)O. The molecule has 0 aliphatic rings. The molecule has 2 amide bonds. The first-order chi connectivity index (χ1) is 8.49. The Bertz CT molecular complexity index is 447. The fourth-order valence-electron chi connectivity index (χ4n) is 1.55. The molecular formula is C12H16N2O4. The Hall–Kier alpha value is -2.08. The highest BCUT2D eigenvalue weighted by Gasteiger charge is 2.20. The van der Waals surface area contributed by atoms with Crippen LogP contribution in [0.2, 0.25) is 0 Å². The predicted molar refractivity (Wildman–Crippen MR) is 66.9 cm³/mol. The molecule has 0 heterocycles. The lowest BCUT2D eigenvalue weighted by Gasteiger charge is -2.25. The Labute approximate surface area is 105 Å². The molecule has 0 saturated carbocycles. The Morgan fingerprint density at radius 1 is 1.22 bits per heavy atom. The third-order valence-electron chi connectivity index (χ3n) is 2.54. The molecular weight excluding hydrogens is 236 g/mol. The van der Waals surface area contributed by atoms with E-state index in [-0.39, 0.29) is 24.7 Å². The van der Waals surface area contributed by atoms with Gasteiger partial charge in [0.25, 0.3) is 0 Å². The van der Waals surface area contributed by atoms with Crippen LogP contribution in [-0.2, 0) is 0 Å². The number of nitrogens with zero attached hydrogens (tertiary/aromatic N) is 2. The van der Waals surface area contributed by atoms with Gasteiger partial charge >= 0.3 is 12.0 Å². The molecule has 0 unspecified atom stereocenters. The molecule has 0 radical (unpaired) electrons. The van der Waals surface area contributed by atoms with E-state index in [0.29, 0.717) is 5.69 Å². The first-order valence-corrected chi connectivity index (χ1v) is 5.41. The molecule has 1 rings (SSSR count). The van der Waals surface area contributed by atoms with Crippen LogP contribution in [0.15, 0.2) is 24.3 Å². The highest BCUT2D eigenvalue weighted by atomic mass is 16.4. The minimum atomic E-state index is -1.09. The number of carbonyl (C=O) groups is 2. The number of carboxylic acids is 1. The van der Waals surface area contributed by atoms with Crippen LogP contribution < -0.4 is 4.90 Å². The molecule has 0 saturated heterocycles. The van der Waals surface area contributed by atoms with Crippen molar-refractivity contribution in [1.82, 2.24) is 4.90 Å². The van der Waals surface area contributed by atoms with Gasteiger partial charge in [0.05, 0.1) is 17.9 Å². The predicted octanol–water partition coefficient (Wildman–Crippen LogP) is 0.865. The Kier molecular flexibility index (Phi) is 4.67. The summed E-state index contributed by atoms with van der Waals surface area (Å²) in [6.07, 6.45) is 0. The second kappa shape index (κ2) is 6.02. The maximum absolute atomic E-state index is 12.0. The standard InChI is InChI=1S/C12H16N2O4/c1-13(7-8-15)12(18)14(2)10-6-4-3-5-9(10)11(16)17/h3-6,15H,7-8H2,1-2H3,(H,16,17). The summed E-state index contributed by atoms with van der Waals surface area (Å²) in [5.41, 5.74) is 0.380. The van der Waals surface area contributed by atoms with Crippen molar-refractivity contribution in [3.63, 3.8) is 0 Å². The first kappa shape index (κ1) is 14.0. The number of carbonyl (C=O) groups excluding carboxylic acids is 1. The van der Waals surface area contributed by atoms with Gasteiger partial charge in [0, 0.05) is 20.6 Å². The molecule has 6 nitrogen and oxygen atoms in total. The van der Waals surface area contributed by atoms with E-state index in [1.165, 1.54) is 22.9 Å². The van der Waals surface area contributed by atoms with Crippen molar-refractivity contribution in [3.05, 3.63) is 29.8 Å². The summed E-state index contributed by atoms with van der Waals surface area (Å²) in [6.45, 7) is 0.0507. The number of urea groups is 1. The molecule has 1 aromatic carbocycles. The average molecular weight is 252 g/mol. The zero-order valence-corrected chi connectivity index (χ0v) is 10.3. The Morgan fingerprint density at radius 2 is 1.83 bits per heavy atom. The Morgan fingerprint density at radius 3 is 2.39 bits per heavy atom. The number of hydrogen-bond acceptors (Lipinski definition) is 3. The number of para-hydroxylation sites is 1. The van der Waals surface area contributed by atoms with Gasteiger partial charge in [-0.15, -0.1) is 0 Å². The quantitative estimate of drug-likeness (QED) is 0.833. The van der Waals surface area contributed by atoms with E-state index in [1.54, 1.807) is 25.2 Å². The van der Waals surface area contributed by atoms with Crippen molar-refractivity contribution in [1.29, 1.82) is 0 Å². The fraction of sp³-hybridized carbons (Fsp3) is 0.333. The zero-order valence-electron chi connectivity index (χ0n) is 10.3. The maximum atomic E-state index is 12.0. The van der Waals surface area contributed by atoms with E-state index in [0.717, 1.165) is 0 Å². The zero-order chi connectivity index (χ0) is 13.7. The third-order valence-corrected chi connectivity index (χ3v) is 2.54. The number of benzene rings is 1. The van der Waals surface area contributed by atoms with Gasteiger partial charge in [-0.3, -0.25) is 4.90 Å². The summed E-state index contributed by atoms with van der Waals surface area (Å²) >= 11 is 0. The minimum Gasteiger partial charge on any atom is -0.478 e. The molecule has 0 aliphatic carbocycles. The van der Waals surface area contributed by atoms with Gasteiger partial charge in [0.2, 0.25) is 0 Å². The summed E-state index contributed by atoms with van der Waals surface area (Å²) in [4.78, 5) is 25.6. The van der Waals surface area contributed by atoms with Crippen molar-refractivity contribution in [3.8, 4) is 0 Å². The molecule has 1 aromatic rings. The van der Waals surface area contributed by atoms with Gasteiger partial charge in [-0.1, -0.05) is 12.1 Å². The maximum Gasteiger partial charge on any atom is 0.337 e. The summed E-state index contributed by atoms with van der Waals surface area (Å²) in [5, 5.41) is 17.8. The van der Waals surface area contributed by atoms with Crippen LogP contribution in [0.3, 0.4) is 0 Å². The Balaban J connectivity index is 3.00. The summed E-state index contributed by atoms with van der Waals surface area (Å²) in [5.74, 6) is -1.09. The van der Waals surface area contributed by atoms with Crippen molar-refractivity contribution in [2.75, 3.05) is 32.1 Å². The molecule has 0 fully saturated rings. The summed E-state index contributed by atoms with van der Waals surface area (Å²) in [7, 11) is 3.04. The van der Waals surface area contributed by atoms with E-state index in [1.807, 2.05) is 0 Å². The number of carboxylic acid groups (broad SMARTS) is 1. The van der Waals surface area contributed by atoms with E-state index < -0.39 is 5.97 Å². The lowest BCUT2D eigenvalue weighted by atomic mass is 10.1. The molecule has 2 N–H and O–H groups in total. The molecule has 18 heavy (non-hydrogen) atoms. The number of amides is 2. The number of anilines is 1. The molecule has 98 valence electrons. The van der Waals surface area contributed by atoms with Crippen LogP contribution in [-0.4, -0.2) is 54.4 Å². The van der Waals surface area contributed by atoms with Gasteiger partial charge in [0.1, 0.15) is 0 Å². The second-order valence-corrected chi connectivity index (χ2v) is 3.81. The van der Waals surface area contributed by atoms with Crippen molar-refractivity contribution in [2.45, 2.75) is 0 Å². The van der Waals surface area contributed by atoms with Crippen LogP contribution >= 0.6 is 0 Å². The number of aliphatic hydroxyl groups is 1. The molecule has 0 spiro atoms. The average Bonchev–Trinajstić information content (AvgIpc) is 2.37. The van der Waals surface area contributed by atoms with Crippen molar-refractivity contribution in [2.24, 2.45) is 0 Å². The molecule has 0 bridgehead atoms. The molecule has 6 heteroatoms. The van der Waals surface area contributed by atoms with Crippen LogP contribution in [0.5, 0.6) is 0 Å². The molecule has 0 aliphatic heterocycles. The number of hydrogen-bond donors (Lipinski definition) is 2. The largest absolute Gasteiger partial charge is 0.478 e. The molecule has 0 atom stereocenters. The third kappa shape index (κ3) is 2.98. The minimum absolute atomic E-state index is 0.0609. The van der Waals surface area contributed by atoms with E-state index in [2.05, 4.69) is 0 Å². The van der Waals surface area contributed by atoms with Crippen LogP contribution in [0.1, 0.15) is 10.4 Å². The lowest BCUT2D eigenvalue weighted by molar-refractivity contribution is 0.0697. The summed E-state index contributed by atoms with van der Waals surface area (Å²) in [6, 6.07) is 5.89. The smallest absolute Gasteiger partial charge is 0.337 e. The van der Waals surface area contributed by atoms with Gasteiger partial charge in [-0.25, -0.2) is 9.59 Å². The van der Waals surface area contributed by atoms with Crippen molar-refractivity contribution < 1.29 is 19.8 Å². The van der Waals surface area contributed by atoms with E-state index in [4.69, 9.17) is 10.2 Å². The topological polar surface area (TPSA) is 81.1 Å². The normalized spacial score (nSPS) is 9.94. The first-order valence-electron chi connectivity index (χ1n) is 5.41. The number of rotatable bonds is 4. The monoisotopic (exact) mass is 252 g/mol. The highest BCUT2D eigenvalue weighted by Crippen LogP contribution is 2.20. The van der Waals surface area contributed by atoms with Crippen LogP contribution in [0, 0.1) is 0 Å². The van der Waals surface area contributed by atoms with Gasteiger partial charge < -0.3 is 15.1 Å². The second-order valence-electron chi connectivity index (χ2n) is 3.81. The number of likely N-dealkylation sites (N-methyl/N-ethyl adjacent to an activating group) is 1. The van der Waals surface area contributed by atoms with Crippen LogP contribution in [0.25, 0.3) is 0 Å². The summed E-state index contributed by atoms with van der Waals surface area (Å²) < 4.78 is 0. The van der Waals surface area contributed by atoms with E-state index >= 15 is 0 Å². The van der Waals surface area contributed by atoms with E-state index in [9.17, 15) is 9.59 Å². The number of aliphatic hydroxyl groups excluding tert-OH is 1. The molecule has 0 aromatic heterocycles.